The van der Waals surface area contributed by atoms with Crippen molar-refractivity contribution in [3.8, 4) is 22.3 Å². The lowest BCUT2D eigenvalue weighted by Crippen LogP contribution is -2.24. The van der Waals surface area contributed by atoms with Crippen LogP contribution in [0.25, 0.3) is 44.2 Å². The highest BCUT2D eigenvalue weighted by Crippen LogP contribution is 2.62. The molecule has 0 bridgehead atoms. The first-order valence-corrected chi connectivity index (χ1v) is 11.1. The van der Waals surface area contributed by atoms with Gasteiger partial charge in [-0.1, -0.05) is 94.4 Å². The average Bonchev–Trinajstić information content (AvgIpc) is 3.34. The molecule has 0 saturated heterocycles. The van der Waals surface area contributed by atoms with Crippen molar-refractivity contribution in [2.75, 3.05) is 0 Å². The Kier molecular flexibility index (Phi) is 2.96. The number of hydrogen-bond acceptors (Lipinski definition) is 1. The van der Waals surface area contributed by atoms with E-state index in [0.717, 1.165) is 11.2 Å². The van der Waals surface area contributed by atoms with Gasteiger partial charge in [0.1, 0.15) is 11.2 Å². The van der Waals surface area contributed by atoms with Gasteiger partial charge in [0.2, 0.25) is 0 Å². The lowest BCUT2D eigenvalue weighted by molar-refractivity contribution is 0.600. The summed E-state index contributed by atoms with van der Waals surface area (Å²) in [6, 6.07) is 26.4. The molecule has 1 heterocycles. The summed E-state index contributed by atoms with van der Waals surface area (Å²) in [5, 5.41) is 2.49. The fourth-order valence-electron chi connectivity index (χ4n) is 6.50. The molecule has 0 saturated carbocycles. The maximum Gasteiger partial charge on any atom is 0.144 e. The standard InChI is InChI=1S/C30H24O/c1-29(2)20-14-8-5-11-17(20)23-24-19-13-7-10-16-22(19)31-28(24)25-18-12-6-9-15-21(18)30(3,4)27(25)26(23)29/h5-16H,1-4H3. The van der Waals surface area contributed by atoms with Crippen molar-refractivity contribution in [2.24, 2.45) is 0 Å². The Hall–Kier alpha value is -3.32. The number of furan rings is 1. The maximum absolute atomic E-state index is 6.65. The lowest BCUT2D eigenvalue weighted by Gasteiger charge is -2.30. The molecule has 4 aromatic carbocycles. The van der Waals surface area contributed by atoms with Crippen molar-refractivity contribution in [2.45, 2.75) is 38.5 Å². The zero-order chi connectivity index (χ0) is 21.1. The predicted octanol–water partition coefficient (Wildman–Crippen LogP) is 8.20. The van der Waals surface area contributed by atoms with Crippen molar-refractivity contribution < 1.29 is 4.42 Å². The second kappa shape index (κ2) is 5.29. The molecule has 0 radical (unpaired) electrons. The number of rotatable bonds is 0. The Morgan fingerprint density at radius 1 is 0.581 bits per heavy atom. The van der Waals surface area contributed by atoms with Gasteiger partial charge in [0.05, 0.1) is 0 Å². The third-order valence-electron chi connectivity index (χ3n) is 7.81. The zero-order valence-corrected chi connectivity index (χ0v) is 18.3. The summed E-state index contributed by atoms with van der Waals surface area (Å²) in [6.07, 6.45) is 0. The second-order valence-electron chi connectivity index (χ2n) is 10.1. The quantitative estimate of drug-likeness (QED) is 0.255. The van der Waals surface area contributed by atoms with E-state index in [1.807, 2.05) is 0 Å². The number of hydrogen-bond donors (Lipinski definition) is 0. The van der Waals surface area contributed by atoms with E-state index in [-0.39, 0.29) is 10.8 Å². The topological polar surface area (TPSA) is 13.1 Å². The summed E-state index contributed by atoms with van der Waals surface area (Å²) in [6.45, 7) is 9.55. The number of fused-ring (bicyclic) bond motifs is 12. The van der Waals surface area contributed by atoms with E-state index >= 15 is 0 Å². The smallest absolute Gasteiger partial charge is 0.144 e. The van der Waals surface area contributed by atoms with Crippen molar-refractivity contribution in [1.29, 1.82) is 0 Å². The number of para-hydroxylation sites is 1. The molecule has 5 aromatic rings. The molecule has 31 heavy (non-hydrogen) atoms. The van der Waals surface area contributed by atoms with E-state index in [2.05, 4.69) is 100 Å². The highest BCUT2D eigenvalue weighted by atomic mass is 16.3. The lowest BCUT2D eigenvalue weighted by atomic mass is 9.72. The van der Waals surface area contributed by atoms with Crippen LogP contribution in [0.2, 0.25) is 0 Å². The Balaban J connectivity index is 1.83. The molecule has 1 aromatic heterocycles. The molecule has 2 aliphatic carbocycles. The van der Waals surface area contributed by atoms with Gasteiger partial charge < -0.3 is 4.42 Å². The van der Waals surface area contributed by atoms with Gasteiger partial charge in [-0.05, 0) is 45.0 Å². The molecule has 0 aliphatic heterocycles. The van der Waals surface area contributed by atoms with Crippen LogP contribution in [0, 0.1) is 0 Å². The van der Waals surface area contributed by atoms with Gasteiger partial charge in [-0.3, -0.25) is 0 Å². The van der Waals surface area contributed by atoms with Crippen LogP contribution in [0.1, 0.15) is 49.9 Å². The van der Waals surface area contributed by atoms with Gasteiger partial charge in [-0.15, -0.1) is 0 Å². The van der Waals surface area contributed by atoms with Crippen molar-refractivity contribution in [3.05, 3.63) is 95.1 Å². The van der Waals surface area contributed by atoms with E-state index in [0.29, 0.717) is 0 Å². The summed E-state index contributed by atoms with van der Waals surface area (Å²) in [5.74, 6) is 0. The van der Waals surface area contributed by atoms with E-state index in [9.17, 15) is 0 Å². The van der Waals surface area contributed by atoms with Gasteiger partial charge in [-0.2, -0.15) is 0 Å². The van der Waals surface area contributed by atoms with E-state index in [4.69, 9.17) is 4.42 Å². The van der Waals surface area contributed by atoms with E-state index in [1.54, 1.807) is 0 Å². The molecule has 0 fully saturated rings. The van der Waals surface area contributed by atoms with Gasteiger partial charge >= 0.3 is 0 Å². The molecule has 150 valence electrons. The molecule has 0 amide bonds. The van der Waals surface area contributed by atoms with Gasteiger partial charge in [-0.25, -0.2) is 0 Å². The van der Waals surface area contributed by atoms with E-state index in [1.165, 1.54) is 55.3 Å². The summed E-state index contributed by atoms with van der Waals surface area (Å²) >= 11 is 0. The summed E-state index contributed by atoms with van der Waals surface area (Å²) < 4.78 is 6.65. The van der Waals surface area contributed by atoms with Crippen LogP contribution in [-0.2, 0) is 10.8 Å². The monoisotopic (exact) mass is 400 g/mol. The first-order valence-electron chi connectivity index (χ1n) is 11.1. The largest absolute Gasteiger partial charge is 0.455 e. The van der Waals surface area contributed by atoms with Crippen LogP contribution in [0.3, 0.4) is 0 Å². The highest BCUT2D eigenvalue weighted by Gasteiger charge is 2.48. The first kappa shape index (κ1) is 17.4. The molecule has 2 aliphatic rings. The van der Waals surface area contributed by atoms with Crippen LogP contribution < -0.4 is 0 Å². The molecule has 1 nitrogen and oxygen atoms in total. The Bertz CT molecular complexity index is 1580. The minimum atomic E-state index is -0.0809. The molecular formula is C30H24O. The Morgan fingerprint density at radius 3 is 1.77 bits per heavy atom. The highest BCUT2D eigenvalue weighted by molar-refractivity contribution is 6.20. The number of benzene rings is 4. The summed E-state index contributed by atoms with van der Waals surface area (Å²) in [4.78, 5) is 0. The minimum absolute atomic E-state index is 0.0676. The fourth-order valence-corrected chi connectivity index (χ4v) is 6.50. The normalized spacial score (nSPS) is 16.9. The van der Waals surface area contributed by atoms with Crippen molar-refractivity contribution in [1.82, 2.24) is 0 Å². The van der Waals surface area contributed by atoms with Gasteiger partial charge in [0.15, 0.2) is 0 Å². The molecular weight excluding hydrogens is 376 g/mol. The molecule has 7 rings (SSSR count). The maximum atomic E-state index is 6.65. The van der Waals surface area contributed by atoms with Crippen LogP contribution in [0.4, 0.5) is 0 Å². The molecule has 0 unspecified atom stereocenters. The third kappa shape index (κ3) is 1.85. The van der Waals surface area contributed by atoms with Crippen LogP contribution in [0.5, 0.6) is 0 Å². The van der Waals surface area contributed by atoms with Crippen LogP contribution >= 0.6 is 0 Å². The third-order valence-corrected chi connectivity index (χ3v) is 7.81. The van der Waals surface area contributed by atoms with Gasteiger partial charge in [0.25, 0.3) is 0 Å². The Morgan fingerprint density at radius 2 is 1.10 bits per heavy atom. The van der Waals surface area contributed by atoms with Gasteiger partial charge in [0, 0.05) is 27.2 Å². The molecule has 0 spiro atoms. The summed E-state index contributed by atoms with van der Waals surface area (Å²) in [5.41, 5.74) is 12.9. The Labute approximate surface area is 182 Å². The average molecular weight is 401 g/mol. The van der Waals surface area contributed by atoms with E-state index < -0.39 is 0 Å². The van der Waals surface area contributed by atoms with Crippen LogP contribution in [0.15, 0.2) is 77.2 Å². The fraction of sp³-hybridized carbons (Fsp3) is 0.200. The summed E-state index contributed by atoms with van der Waals surface area (Å²) in [7, 11) is 0. The molecule has 0 atom stereocenters. The second-order valence-corrected chi connectivity index (χ2v) is 10.1. The predicted molar refractivity (Wildman–Crippen MR) is 129 cm³/mol. The first-order chi connectivity index (χ1) is 14.9. The SMILES string of the molecule is CC1(C)c2ccccc2-c2c1c1c(c3c2oc2ccccc23)-c2ccccc2C1(C)C. The van der Waals surface area contributed by atoms with Crippen molar-refractivity contribution >= 4 is 21.9 Å². The molecule has 0 N–H and O–H groups in total. The van der Waals surface area contributed by atoms with Crippen LogP contribution in [-0.4, -0.2) is 0 Å². The minimum Gasteiger partial charge on any atom is -0.455 e. The van der Waals surface area contributed by atoms with Crippen molar-refractivity contribution in [3.63, 3.8) is 0 Å². The molecule has 1 heteroatoms. The zero-order valence-electron chi connectivity index (χ0n) is 18.3.